The van der Waals surface area contributed by atoms with Crippen LogP contribution in [0.25, 0.3) is 0 Å². The van der Waals surface area contributed by atoms with Crippen LogP contribution >= 0.6 is 7.29 Å². The summed E-state index contributed by atoms with van der Waals surface area (Å²) in [7, 11) is -2.51. The number of anilines is 1. The third-order valence-corrected chi connectivity index (χ3v) is 8.21. The van der Waals surface area contributed by atoms with Gasteiger partial charge in [-0.15, -0.1) is 0 Å². The summed E-state index contributed by atoms with van der Waals surface area (Å²) in [4.78, 5) is 0. The monoisotopic (exact) mass is 341 g/mol. The van der Waals surface area contributed by atoms with Crippen molar-refractivity contribution < 1.29 is 4.57 Å². The van der Waals surface area contributed by atoms with Crippen LogP contribution in [0, 0.1) is 0 Å². The van der Waals surface area contributed by atoms with Crippen molar-refractivity contribution >= 4 is 18.3 Å². The summed E-state index contributed by atoms with van der Waals surface area (Å²) >= 11 is 0. The van der Waals surface area contributed by atoms with Crippen LogP contribution in [-0.4, -0.2) is 6.16 Å². The molecule has 0 radical (unpaired) electrons. The first-order chi connectivity index (χ1) is 11.8. The Kier molecular flexibility index (Phi) is 5.79. The van der Waals surface area contributed by atoms with Crippen LogP contribution in [0.4, 0.5) is 5.69 Å². The Labute approximate surface area is 146 Å². The highest BCUT2D eigenvalue weighted by molar-refractivity contribution is 7.73. The van der Waals surface area contributed by atoms with Crippen LogP contribution in [-0.2, 0) is 11.1 Å². The van der Waals surface area contributed by atoms with Crippen LogP contribution in [0.5, 0.6) is 0 Å². The van der Waals surface area contributed by atoms with E-state index in [-0.39, 0.29) is 0 Å². The smallest absolute Gasteiger partial charge is 0.201 e. The maximum absolute atomic E-state index is 14.0. The van der Waals surface area contributed by atoms with Gasteiger partial charge in [0.25, 0.3) is 0 Å². The normalized spacial score (nSPS) is 19.5. The Morgan fingerprint density at radius 1 is 0.875 bits per heavy atom. The van der Waals surface area contributed by atoms with Gasteiger partial charge >= 0.3 is 0 Å². The Balaban J connectivity index is 1.76. The maximum atomic E-state index is 14.0. The zero-order chi connectivity index (χ0) is 16.8. The molecule has 0 fully saturated rings. The molecular formula is C21H28NOP. The summed E-state index contributed by atoms with van der Waals surface area (Å²) in [5, 5.41) is 1.09. The number of para-hydroxylation sites is 1. The molecule has 3 heteroatoms. The quantitative estimate of drug-likeness (QED) is 0.435. The lowest BCUT2D eigenvalue weighted by Crippen LogP contribution is -2.18. The Morgan fingerprint density at radius 3 is 2.33 bits per heavy atom. The Bertz CT molecular complexity index is 698. The van der Waals surface area contributed by atoms with Crippen LogP contribution < -0.4 is 9.97 Å². The van der Waals surface area contributed by atoms with E-state index in [1.165, 1.54) is 37.7 Å². The molecular weight excluding hydrogens is 313 g/mol. The molecule has 2 aromatic carbocycles. The highest BCUT2D eigenvalue weighted by Crippen LogP contribution is 2.56. The summed E-state index contributed by atoms with van der Waals surface area (Å²) < 4.78 is 16.2. The zero-order valence-corrected chi connectivity index (χ0v) is 15.6. The third kappa shape index (κ3) is 3.59. The second-order valence-electron chi connectivity index (χ2n) is 6.71. The number of hydrogen-bond acceptors (Lipinski definition) is 1. The summed E-state index contributed by atoms with van der Waals surface area (Å²) in [6.07, 6.45) is 8.20. The predicted octanol–water partition coefficient (Wildman–Crippen LogP) is 5.97. The molecule has 24 heavy (non-hydrogen) atoms. The summed E-state index contributed by atoms with van der Waals surface area (Å²) in [6, 6.07) is 18.6. The molecule has 0 saturated carbocycles. The van der Waals surface area contributed by atoms with Crippen molar-refractivity contribution in [2.24, 2.45) is 0 Å². The van der Waals surface area contributed by atoms with Gasteiger partial charge < -0.3 is 4.67 Å². The minimum Gasteiger partial charge on any atom is -0.315 e. The van der Waals surface area contributed by atoms with Gasteiger partial charge in [0.2, 0.25) is 7.29 Å². The van der Waals surface area contributed by atoms with Crippen LogP contribution in [0.15, 0.2) is 54.6 Å². The molecule has 1 aliphatic heterocycles. The lowest BCUT2D eigenvalue weighted by atomic mass is 10.1. The molecule has 1 aliphatic rings. The van der Waals surface area contributed by atoms with E-state index in [1.807, 2.05) is 24.3 Å². The Hall–Kier alpha value is -1.53. The average molecular weight is 341 g/mol. The molecule has 128 valence electrons. The molecule has 3 rings (SSSR count). The molecule has 0 amide bonds. The number of rotatable bonds is 8. The second-order valence-corrected chi connectivity index (χ2v) is 9.53. The maximum Gasteiger partial charge on any atom is 0.201 e. The minimum absolute atomic E-state index is 0.771. The van der Waals surface area contributed by atoms with Gasteiger partial charge in [0.15, 0.2) is 0 Å². The Morgan fingerprint density at radius 2 is 1.54 bits per heavy atom. The fraction of sp³-hybridized carbons (Fsp3) is 0.429. The van der Waals surface area contributed by atoms with Crippen molar-refractivity contribution in [2.75, 3.05) is 10.8 Å². The van der Waals surface area contributed by atoms with Crippen LogP contribution in [0.2, 0.25) is 0 Å². The molecule has 0 bridgehead atoms. The highest BCUT2D eigenvalue weighted by atomic mass is 31.2. The molecule has 0 aromatic heterocycles. The number of benzene rings is 2. The second kappa shape index (κ2) is 8.03. The first kappa shape index (κ1) is 17.3. The summed E-state index contributed by atoms with van der Waals surface area (Å²) in [6.45, 7) is 3.01. The van der Waals surface area contributed by atoms with Crippen LogP contribution in [0.3, 0.4) is 0 Å². The SMILES string of the molecule is CCCCCCCCP1(=O)c2ccccc2CN1c1ccccc1. The van der Waals surface area contributed by atoms with Gasteiger partial charge in [-0.25, -0.2) is 0 Å². The van der Waals surface area contributed by atoms with E-state index in [4.69, 9.17) is 0 Å². The number of hydrogen-bond donors (Lipinski definition) is 0. The van der Waals surface area contributed by atoms with Crippen molar-refractivity contribution in [3.05, 3.63) is 60.2 Å². The molecule has 0 spiro atoms. The van der Waals surface area contributed by atoms with E-state index in [0.717, 1.165) is 30.1 Å². The number of fused-ring (bicyclic) bond motifs is 1. The van der Waals surface area contributed by atoms with Crippen LogP contribution in [0.1, 0.15) is 51.0 Å². The van der Waals surface area contributed by atoms with Gasteiger partial charge in [-0.3, -0.25) is 4.57 Å². The third-order valence-electron chi connectivity index (χ3n) is 4.95. The fourth-order valence-electron chi connectivity index (χ4n) is 3.62. The average Bonchev–Trinajstić information content (AvgIpc) is 2.92. The summed E-state index contributed by atoms with van der Waals surface area (Å²) in [5.74, 6) is 0. The number of unbranched alkanes of at least 4 members (excludes halogenated alkanes) is 5. The van der Waals surface area contributed by atoms with Gasteiger partial charge in [0.05, 0.1) is 6.54 Å². The van der Waals surface area contributed by atoms with Crippen molar-refractivity contribution in [3.63, 3.8) is 0 Å². The zero-order valence-electron chi connectivity index (χ0n) is 14.7. The van der Waals surface area contributed by atoms with Crippen molar-refractivity contribution in [1.82, 2.24) is 0 Å². The van der Waals surface area contributed by atoms with E-state index in [1.54, 1.807) is 0 Å². The van der Waals surface area contributed by atoms with E-state index < -0.39 is 7.29 Å². The van der Waals surface area contributed by atoms with Crippen molar-refractivity contribution in [2.45, 2.75) is 52.0 Å². The van der Waals surface area contributed by atoms with Gasteiger partial charge in [-0.2, -0.15) is 0 Å². The van der Waals surface area contributed by atoms with Gasteiger partial charge in [0, 0.05) is 17.2 Å². The first-order valence-electron chi connectivity index (χ1n) is 9.26. The number of nitrogens with zero attached hydrogens (tertiary/aromatic N) is 1. The van der Waals surface area contributed by atoms with Crippen molar-refractivity contribution in [3.8, 4) is 0 Å². The minimum atomic E-state index is -2.51. The fourth-order valence-corrected chi connectivity index (χ4v) is 6.81. The lowest BCUT2D eigenvalue weighted by Gasteiger charge is -2.27. The van der Waals surface area contributed by atoms with Gasteiger partial charge in [-0.1, -0.05) is 75.4 Å². The molecule has 0 aliphatic carbocycles. The van der Waals surface area contributed by atoms with Crippen molar-refractivity contribution in [1.29, 1.82) is 0 Å². The first-order valence-corrected chi connectivity index (χ1v) is 11.1. The van der Waals surface area contributed by atoms with E-state index in [2.05, 4.69) is 41.9 Å². The summed E-state index contributed by atoms with van der Waals surface area (Å²) in [5.41, 5.74) is 2.32. The topological polar surface area (TPSA) is 20.3 Å². The van der Waals surface area contributed by atoms with E-state index in [0.29, 0.717) is 0 Å². The largest absolute Gasteiger partial charge is 0.315 e. The molecule has 2 aromatic rings. The highest BCUT2D eigenvalue weighted by Gasteiger charge is 2.39. The van der Waals surface area contributed by atoms with Gasteiger partial charge in [-0.05, 0) is 30.2 Å². The lowest BCUT2D eigenvalue weighted by molar-refractivity contribution is 0.572. The standard InChI is InChI=1S/C21H28NOP/c1-2-3-4-5-6-12-17-24(23)21-16-11-10-13-19(21)18-22(24)20-14-8-7-9-15-20/h7-11,13-16H,2-6,12,17-18H2,1H3. The molecule has 1 unspecified atom stereocenters. The molecule has 0 N–H and O–H groups in total. The molecule has 0 saturated heterocycles. The molecule has 2 nitrogen and oxygen atoms in total. The van der Waals surface area contributed by atoms with E-state index >= 15 is 0 Å². The van der Waals surface area contributed by atoms with E-state index in [9.17, 15) is 4.57 Å². The van der Waals surface area contributed by atoms with Gasteiger partial charge in [0.1, 0.15) is 0 Å². The predicted molar refractivity (Wildman–Crippen MR) is 105 cm³/mol. The molecule has 1 atom stereocenters. The molecule has 1 heterocycles.